The fourth-order valence-electron chi connectivity index (χ4n) is 9.59. The Morgan fingerprint density at radius 1 is 0.789 bits per heavy atom. The third-order valence-corrected chi connectivity index (χ3v) is 16.9. The van der Waals surface area contributed by atoms with Crippen molar-refractivity contribution in [2.45, 2.75) is 155 Å². The van der Waals surface area contributed by atoms with Crippen LogP contribution in [0.25, 0.3) is 0 Å². The van der Waals surface area contributed by atoms with E-state index in [1.54, 1.807) is 27.7 Å². The third-order valence-electron chi connectivity index (χ3n) is 12.1. The number of hydrogen-bond donors (Lipinski definition) is 0. The van der Waals surface area contributed by atoms with Gasteiger partial charge >= 0.3 is 27.7 Å². The number of halogens is 5. The van der Waals surface area contributed by atoms with Crippen molar-refractivity contribution in [3.05, 3.63) is 29.3 Å². The molecule has 0 aliphatic heterocycles. The van der Waals surface area contributed by atoms with Gasteiger partial charge in [-0.05, 0) is 138 Å². The largest absolute Gasteiger partial charge is 0.616 e. The zero-order chi connectivity index (χ0) is 41.9. The highest BCUT2D eigenvalue weighted by Crippen LogP contribution is 2.66. The standard InChI is InChI=1S/C40H65F5O9P2S/c1-6-49-55(46,50-7-2)53-32-19-20-33-31(29-32)28-30(18-15-13-11-10-12-14-16-26-57(48)27-17-24-39(41,42)40(43,44)45)37-34(33)23-25-38(5)35(37)21-22-36(38)54-56(47,51-8-3)52-9-4/h19-20,29-30,34-37H,6-18,21-28H2,1-5H3/t30-,34-,35+,36+,37-,38+,57?/m1/s1. The van der Waals surface area contributed by atoms with Crippen LogP contribution in [0.15, 0.2) is 18.2 Å². The highest BCUT2D eigenvalue weighted by Gasteiger charge is 2.59. The molecule has 0 saturated heterocycles. The molecule has 0 spiro atoms. The normalized spacial score (nSPS) is 25.8. The summed E-state index contributed by atoms with van der Waals surface area (Å²) < 4.78 is 136. The molecule has 7 atom stereocenters. The first kappa shape index (κ1) is 48.9. The van der Waals surface area contributed by atoms with Crippen molar-refractivity contribution < 1.29 is 62.8 Å². The summed E-state index contributed by atoms with van der Waals surface area (Å²) in [6, 6.07) is 5.99. The van der Waals surface area contributed by atoms with Crippen LogP contribution < -0.4 is 4.52 Å². The average molecular weight is 879 g/mol. The third kappa shape index (κ3) is 13.1. The number of hydrogen-bond acceptors (Lipinski definition) is 9. The maximum Gasteiger partial charge on any atom is 0.530 e. The predicted molar refractivity (Wildman–Crippen MR) is 212 cm³/mol. The Morgan fingerprint density at radius 3 is 1.98 bits per heavy atom. The molecule has 3 aliphatic carbocycles. The lowest BCUT2D eigenvalue weighted by Gasteiger charge is -2.53. The molecule has 2 saturated carbocycles. The van der Waals surface area contributed by atoms with Crippen LogP contribution >= 0.6 is 15.6 Å². The van der Waals surface area contributed by atoms with Crippen molar-refractivity contribution in [2.75, 3.05) is 37.9 Å². The van der Waals surface area contributed by atoms with Gasteiger partial charge in [0.15, 0.2) is 0 Å². The molecule has 2 fully saturated rings. The number of rotatable bonds is 26. The molecule has 0 amide bonds. The van der Waals surface area contributed by atoms with E-state index in [4.69, 9.17) is 27.1 Å². The second-order valence-electron chi connectivity index (χ2n) is 15.9. The highest BCUT2D eigenvalue weighted by atomic mass is 32.2. The highest BCUT2D eigenvalue weighted by molar-refractivity contribution is 7.91. The monoisotopic (exact) mass is 878 g/mol. The minimum Gasteiger partial charge on any atom is -0.616 e. The topological polar surface area (TPSA) is 113 Å². The van der Waals surface area contributed by atoms with Crippen molar-refractivity contribution >= 4 is 26.8 Å². The van der Waals surface area contributed by atoms with Gasteiger partial charge in [-0.2, -0.15) is 22.0 Å². The Kier molecular flexibility index (Phi) is 18.7. The van der Waals surface area contributed by atoms with Gasteiger partial charge in [-0.3, -0.25) is 22.6 Å². The van der Waals surface area contributed by atoms with E-state index in [9.17, 15) is 35.6 Å². The minimum atomic E-state index is -5.57. The molecule has 1 aromatic carbocycles. The number of benzene rings is 1. The predicted octanol–water partition coefficient (Wildman–Crippen LogP) is 12.7. The van der Waals surface area contributed by atoms with Gasteiger partial charge in [-0.1, -0.05) is 56.3 Å². The fourth-order valence-corrected chi connectivity index (χ4v) is 13.5. The summed E-state index contributed by atoms with van der Waals surface area (Å²) in [7, 11) is -7.47. The molecule has 3 aliphatic rings. The van der Waals surface area contributed by atoms with Crippen LogP contribution in [-0.2, 0) is 49.3 Å². The molecule has 0 heterocycles. The Labute approximate surface area is 340 Å². The molecule has 0 N–H and O–H groups in total. The van der Waals surface area contributed by atoms with Gasteiger partial charge in [0.2, 0.25) is 0 Å². The number of fused-ring (bicyclic) bond motifs is 5. The van der Waals surface area contributed by atoms with E-state index >= 15 is 0 Å². The first-order chi connectivity index (χ1) is 26.9. The Hall–Kier alpha value is -0.760. The summed E-state index contributed by atoms with van der Waals surface area (Å²) in [4.78, 5) is 0. The average Bonchev–Trinajstić information content (AvgIpc) is 3.45. The van der Waals surface area contributed by atoms with Gasteiger partial charge in [0.25, 0.3) is 0 Å². The Bertz CT molecular complexity index is 1470. The molecule has 17 heteroatoms. The van der Waals surface area contributed by atoms with Crippen LogP contribution in [0.1, 0.15) is 142 Å². The molecule has 1 aromatic rings. The molecular weight excluding hydrogens is 813 g/mol. The van der Waals surface area contributed by atoms with Crippen molar-refractivity contribution in [1.82, 2.24) is 0 Å². The van der Waals surface area contributed by atoms with Crippen molar-refractivity contribution in [3.8, 4) is 5.75 Å². The molecule has 0 radical (unpaired) electrons. The quantitative estimate of drug-likeness (QED) is 0.0388. The summed E-state index contributed by atoms with van der Waals surface area (Å²) >= 11 is -1.41. The summed E-state index contributed by atoms with van der Waals surface area (Å²) in [5, 5.41) is 0. The van der Waals surface area contributed by atoms with Crippen LogP contribution in [-0.4, -0.2) is 60.7 Å². The van der Waals surface area contributed by atoms with Crippen molar-refractivity contribution in [3.63, 3.8) is 0 Å². The van der Waals surface area contributed by atoms with Crippen LogP contribution in [0.2, 0.25) is 0 Å². The van der Waals surface area contributed by atoms with E-state index in [2.05, 4.69) is 13.0 Å². The van der Waals surface area contributed by atoms with E-state index in [1.807, 2.05) is 12.1 Å². The van der Waals surface area contributed by atoms with Gasteiger partial charge in [0.1, 0.15) is 17.3 Å². The van der Waals surface area contributed by atoms with Crippen molar-refractivity contribution in [1.29, 1.82) is 0 Å². The van der Waals surface area contributed by atoms with E-state index in [0.717, 1.165) is 77.0 Å². The summed E-state index contributed by atoms with van der Waals surface area (Å²) in [5.41, 5.74) is 2.30. The van der Waals surface area contributed by atoms with E-state index in [-0.39, 0.29) is 43.7 Å². The summed E-state index contributed by atoms with van der Waals surface area (Å²) in [6.07, 6.45) is 4.48. The smallest absolute Gasteiger partial charge is 0.530 e. The van der Waals surface area contributed by atoms with Crippen LogP contribution in [0, 0.1) is 23.2 Å². The molecule has 57 heavy (non-hydrogen) atoms. The molecule has 0 bridgehead atoms. The first-order valence-corrected chi connectivity index (χ1v) is 25.4. The Balaban J connectivity index is 1.37. The maximum atomic E-state index is 13.5. The molecule has 4 rings (SSSR count). The summed E-state index contributed by atoms with van der Waals surface area (Å²) in [6.45, 7) is 10.2. The van der Waals surface area contributed by atoms with Gasteiger partial charge in [0, 0.05) is 6.42 Å². The lowest BCUT2D eigenvalue weighted by Crippen LogP contribution is -2.47. The van der Waals surface area contributed by atoms with Crippen LogP contribution in [0.5, 0.6) is 5.75 Å². The van der Waals surface area contributed by atoms with Crippen LogP contribution in [0.4, 0.5) is 22.0 Å². The van der Waals surface area contributed by atoms with E-state index < -0.39 is 51.8 Å². The molecule has 9 nitrogen and oxygen atoms in total. The van der Waals surface area contributed by atoms with E-state index in [0.29, 0.717) is 41.6 Å². The summed E-state index contributed by atoms with van der Waals surface area (Å²) in [5.74, 6) is -2.67. The number of unbranched alkanes of at least 4 members (excludes halogenated alkanes) is 6. The van der Waals surface area contributed by atoms with Gasteiger partial charge in [-0.15, -0.1) is 0 Å². The minimum absolute atomic E-state index is 0.149. The molecular formula is C40H65F5O9P2S. The molecule has 0 aromatic heterocycles. The van der Waals surface area contributed by atoms with Gasteiger partial charge < -0.3 is 9.08 Å². The number of phosphoric acid groups is 2. The zero-order valence-corrected chi connectivity index (χ0v) is 36.9. The van der Waals surface area contributed by atoms with Gasteiger partial charge in [-0.25, -0.2) is 9.13 Å². The fraction of sp³-hybridized carbons (Fsp3) is 0.850. The first-order valence-electron chi connectivity index (χ1n) is 21.0. The second-order valence-corrected chi connectivity index (χ2v) is 20.8. The molecule has 1 unspecified atom stereocenters. The maximum absolute atomic E-state index is 13.5. The number of phosphoric ester groups is 2. The lowest BCUT2D eigenvalue weighted by atomic mass is 9.52. The lowest BCUT2D eigenvalue weighted by molar-refractivity contribution is -0.284. The van der Waals surface area contributed by atoms with Crippen molar-refractivity contribution in [2.24, 2.45) is 23.2 Å². The number of alkyl halides is 5. The molecule has 330 valence electrons. The van der Waals surface area contributed by atoms with Gasteiger partial charge in [0.05, 0.1) is 32.5 Å². The SMILES string of the molecule is CCOP(=O)(OCC)Oc1ccc2c(c1)C[C@@H](CCCCCCCCC[S+]([O-])CCCC(F)(F)C(F)(F)F)[C@@H]1[C@@H]2CC[C@]2(C)[C@@H](OP(=O)(OCC)OCC)CC[C@@H]12. The Morgan fingerprint density at radius 2 is 1.37 bits per heavy atom. The van der Waals surface area contributed by atoms with Crippen LogP contribution in [0.3, 0.4) is 0 Å². The zero-order valence-electron chi connectivity index (χ0n) is 34.3. The van der Waals surface area contributed by atoms with E-state index in [1.165, 1.54) is 11.1 Å². The second kappa shape index (κ2) is 21.9.